The molecule has 1 aromatic rings. The number of hydrogen-bond acceptors (Lipinski definition) is 3. The first kappa shape index (κ1) is 13.8. The molecule has 0 saturated heterocycles. The molecule has 2 amide bonds. The van der Waals surface area contributed by atoms with Gasteiger partial charge in [-0.15, -0.1) is 0 Å². The normalized spacial score (nSPS) is 11.6. The third-order valence-corrected chi connectivity index (χ3v) is 2.23. The van der Waals surface area contributed by atoms with Crippen LogP contribution in [0.3, 0.4) is 0 Å². The van der Waals surface area contributed by atoms with E-state index >= 15 is 0 Å². The molecule has 1 rings (SSSR count). The predicted octanol–water partition coefficient (Wildman–Crippen LogP) is -0.737. The third kappa shape index (κ3) is 4.69. The lowest BCUT2D eigenvalue weighted by atomic mass is 10.1. The maximum Gasteiger partial charge on any atom is 0.326 e. The highest BCUT2D eigenvalue weighted by Gasteiger charge is 2.20. The molecule has 0 aliphatic rings. The molecule has 0 saturated carbocycles. The zero-order valence-electron chi connectivity index (χ0n) is 9.90. The molecule has 7 nitrogen and oxygen atoms in total. The maximum atomic E-state index is 11.4. The van der Waals surface area contributed by atoms with Crippen LogP contribution in [-0.4, -0.2) is 40.5 Å². The Morgan fingerprint density at radius 1 is 1.44 bits per heavy atom. The Balaban J connectivity index is 2.50. The Hall–Kier alpha value is -2.31. The molecular formula is C11H15N3O4. The molecule has 0 bridgehead atoms. The van der Waals surface area contributed by atoms with Crippen molar-refractivity contribution in [1.82, 2.24) is 15.6 Å². The zero-order valence-corrected chi connectivity index (χ0v) is 9.90. The van der Waals surface area contributed by atoms with E-state index in [0.29, 0.717) is 0 Å². The van der Waals surface area contributed by atoms with Crippen molar-refractivity contribution in [2.75, 3.05) is 6.54 Å². The van der Waals surface area contributed by atoms with Crippen LogP contribution >= 0.6 is 0 Å². The Labute approximate surface area is 104 Å². The average Bonchev–Trinajstić information content (AvgIpc) is 2.78. The van der Waals surface area contributed by atoms with Crippen molar-refractivity contribution in [3.05, 3.63) is 24.0 Å². The van der Waals surface area contributed by atoms with E-state index in [2.05, 4.69) is 15.6 Å². The van der Waals surface area contributed by atoms with Gasteiger partial charge in [-0.3, -0.25) is 9.59 Å². The maximum absolute atomic E-state index is 11.4. The Morgan fingerprint density at radius 3 is 2.67 bits per heavy atom. The minimum Gasteiger partial charge on any atom is -0.480 e. The topological polar surface area (TPSA) is 111 Å². The first-order valence-corrected chi connectivity index (χ1v) is 5.37. The van der Waals surface area contributed by atoms with Gasteiger partial charge in [0, 0.05) is 25.7 Å². The van der Waals surface area contributed by atoms with Crippen molar-refractivity contribution < 1.29 is 19.5 Å². The van der Waals surface area contributed by atoms with Gasteiger partial charge in [0.15, 0.2) is 0 Å². The van der Waals surface area contributed by atoms with E-state index in [0.717, 1.165) is 5.56 Å². The number of aromatic amines is 1. The van der Waals surface area contributed by atoms with Crippen LogP contribution in [0.25, 0.3) is 0 Å². The highest BCUT2D eigenvalue weighted by molar-refractivity contribution is 5.87. The second-order valence-corrected chi connectivity index (χ2v) is 3.79. The van der Waals surface area contributed by atoms with E-state index in [4.69, 9.17) is 5.11 Å². The quantitative estimate of drug-likeness (QED) is 0.535. The van der Waals surface area contributed by atoms with Gasteiger partial charge in [-0.2, -0.15) is 0 Å². The van der Waals surface area contributed by atoms with Crippen molar-refractivity contribution in [1.29, 1.82) is 0 Å². The number of carbonyl (C=O) groups is 3. The lowest BCUT2D eigenvalue weighted by molar-refractivity contribution is -0.141. The van der Waals surface area contributed by atoms with E-state index in [1.165, 1.54) is 6.92 Å². The summed E-state index contributed by atoms with van der Waals surface area (Å²) in [6.45, 7) is 1.05. The van der Waals surface area contributed by atoms with Crippen LogP contribution in [0.2, 0.25) is 0 Å². The summed E-state index contributed by atoms with van der Waals surface area (Å²) in [5, 5.41) is 13.6. The summed E-state index contributed by atoms with van der Waals surface area (Å²) in [7, 11) is 0. The Bertz CT molecular complexity index is 428. The summed E-state index contributed by atoms with van der Waals surface area (Å²) >= 11 is 0. The van der Waals surface area contributed by atoms with Gasteiger partial charge in [0.1, 0.15) is 6.04 Å². The number of aliphatic carboxylic acids is 1. The number of amides is 2. The number of hydrogen-bond donors (Lipinski definition) is 4. The fraction of sp³-hybridized carbons (Fsp3) is 0.364. The third-order valence-electron chi connectivity index (χ3n) is 2.23. The molecule has 1 heterocycles. The zero-order chi connectivity index (χ0) is 13.5. The van der Waals surface area contributed by atoms with Gasteiger partial charge in [-0.1, -0.05) is 0 Å². The monoisotopic (exact) mass is 253 g/mol. The molecule has 98 valence electrons. The van der Waals surface area contributed by atoms with Crippen LogP contribution < -0.4 is 10.6 Å². The van der Waals surface area contributed by atoms with E-state index in [1.807, 2.05) is 0 Å². The van der Waals surface area contributed by atoms with Gasteiger partial charge in [0.05, 0.1) is 6.54 Å². The van der Waals surface area contributed by atoms with Crippen molar-refractivity contribution in [3.63, 3.8) is 0 Å². The molecule has 18 heavy (non-hydrogen) atoms. The highest BCUT2D eigenvalue weighted by atomic mass is 16.4. The second kappa shape index (κ2) is 6.43. The summed E-state index contributed by atoms with van der Waals surface area (Å²) in [6.07, 6.45) is 3.52. The van der Waals surface area contributed by atoms with Gasteiger partial charge in [0.25, 0.3) is 0 Å². The molecule has 0 aliphatic heterocycles. The molecular weight excluding hydrogens is 238 g/mol. The fourth-order valence-corrected chi connectivity index (χ4v) is 1.37. The first-order valence-electron chi connectivity index (χ1n) is 5.37. The lowest BCUT2D eigenvalue weighted by Crippen LogP contribution is -2.46. The number of nitrogens with one attached hydrogen (secondary N) is 3. The minimum absolute atomic E-state index is 0.185. The molecule has 1 atom stereocenters. The summed E-state index contributed by atoms with van der Waals surface area (Å²) in [5.74, 6) is -2.00. The Morgan fingerprint density at radius 2 is 2.17 bits per heavy atom. The van der Waals surface area contributed by atoms with Crippen LogP contribution in [0.15, 0.2) is 18.5 Å². The van der Waals surface area contributed by atoms with E-state index in [-0.39, 0.29) is 18.9 Å². The SMILES string of the molecule is CC(=O)NCC(=O)NC(Cc1cc[nH]c1)C(=O)O. The summed E-state index contributed by atoms with van der Waals surface area (Å²) in [5.41, 5.74) is 0.780. The first-order chi connectivity index (χ1) is 8.49. The van der Waals surface area contributed by atoms with E-state index in [1.54, 1.807) is 18.5 Å². The predicted molar refractivity (Wildman–Crippen MR) is 62.7 cm³/mol. The molecule has 0 aromatic carbocycles. The van der Waals surface area contributed by atoms with Crippen LogP contribution in [0.5, 0.6) is 0 Å². The number of carbonyl (C=O) groups excluding carboxylic acids is 2. The number of H-pyrrole nitrogens is 1. The standard InChI is InChI=1S/C11H15N3O4/c1-7(15)13-6-10(16)14-9(11(17)18)4-8-2-3-12-5-8/h2-3,5,9,12H,4,6H2,1H3,(H,13,15)(H,14,16)(H,17,18). The molecule has 7 heteroatoms. The smallest absolute Gasteiger partial charge is 0.326 e. The van der Waals surface area contributed by atoms with Gasteiger partial charge < -0.3 is 20.7 Å². The molecule has 1 aromatic heterocycles. The molecule has 1 unspecified atom stereocenters. The van der Waals surface area contributed by atoms with Gasteiger partial charge in [0.2, 0.25) is 11.8 Å². The highest BCUT2D eigenvalue weighted by Crippen LogP contribution is 2.02. The van der Waals surface area contributed by atoms with Crippen molar-refractivity contribution in [3.8, 4) is 0 Å². The fourth-order valence-electron chi connectivity index (χ4n) is 1.37. The van der Waals surface area contributed by atoms with Crippen molar-refractivity contribution in [2.45, 2.75) is 19.4 Å². The van der Waals surface area contributed by atoms with E-state index in [9.17, 15) is 14.4 Å². The van der Waals surface area contributed by atoms with Gasteiger partial charge >= 0.3 is 5.97 Å². The average molecular weight is 253 g/mol. The van der Waals surface area contributed by atoms with Crippen LogP contribution in [0, 0.1) is 0 Å². The number of carboxylic acid groups (broad SMARTS) is 1. The number of aromatic nitrogens is 1. The summed E-state index contributed by atoms with van der Waals surface area (Å²) in [4.78, 5) is 35.8. The summed E-state index contributed by atoms with van der Waals surface area (Å²) in [6, 6.07) is 0.720. The van der Waals surface area contributed by atoms with Gasteiger partial charge in [-0.25, -0.2) is 4.79 Å². The Kier molecular flexibility index (Phi) is 4.91. The van der Waals surface area contributed by atoms with Gasteiger partial charge in [-0.05, 0) is 11.6 Å². The van der Waals surface area contributed by atoms with Crippen molar-refractivity contribution in [2.24, 2.45) is 0 Å². The molecule has 0 radical (unpaired) electrons. The summed E-state index contributed by atoms with van der Waals surface area (Å²) < 4.78 is 0. The minimum atomic E-state index is -1.12. The van der Waals surface area contributed by atoms with Crippen LogP contribution in [0.4, 0.5) is 0 Å². The molecule has 4 N–H and O–H groups in total. The number of rotatable bonds is 6. The molecule has 0 fully saturated rings. The van der Waals surface area contributed by atoms with Crippen molar-refractivity contribution >= 4 is 17.8 Å². The molecule has 0 spiro atoms. The lowest BCUT2D eigenvalue weighted by Gasteiger charge is -2.13. The number of carboxylic acids is 1. The van der Waals surface area contributed by atoms with E-state index < -0.39 is 17.9 Å². The van der Waals surface area contributed by atoms with Crippen LogP contribution in [-0.2, 0) is 20.8 Å². The largest absolute Gasteiger partial charge is 0.480 e. The molecule has 0 aliphatic carbocycles. The van der Waals surface area contributed by atoms with Crippen LogP contribution in [0.1, 0.15) is 12.5 Å². The second-order valence-electron chi connectivity index (χ2n) is 3.79.